The highest BCUT2D eigenvalue weighted by molar-refractivity contribution is 7.91. The summed E-state index contributed by atoms with van der Waals surface area (Å²) in [6.07, 6.45) is 8.64. The maximum atomic E-state index is 13.0. The van der Waals surface area contributed by atoms with Crippen molar-refractivity contribution in [2.75, 3.05) is 6.54 Å². The number of hydrogen-bond donors (Lipinski definition) is 2. The van der Waals surface area contributed by atoms with Crippen molar-refractivity contribution in [2.45, 2.75) is 88.0 Å². The zero-order valence-corrected chi connectivity index (χ0v) is 18.5. The highest BCUT2D eigenvalue weighted by Crippen LogP contribution is 2.45. The Labute approximate surface area is 178 Å². The Bertz CT molecular complexity index is 807. The molecule has 1 heterocycles. The predicted molar refractivity (Wildman–Crippen MR) is 113 cm³/mol. The Balaban J connectivity index is 1.62. The first-order valence-corrected chi connectivity index (χ1v) is 12.6. The highest BCUT2D eigenvalue weighted by Gasteiger charge is 2.61. The average molecular weight is 440 g/mol. The monoisotopic (exact) mass is 439 g/mol. The van der Waals surface area contributed by atoms with Crippen LogP contribution < -0.4 is 10.0 Å². The summed E-state index contributed by atoms with van der Waals surface area (Å²) in [4.78, 5) is 40.0. The molecule has 3 atom stereocenters. The van der Waals surface area contributed by atoms with E-state index in [0.29, 0.717) is 38.6 Å². The Morgan fingerprint density at radius 3 is 2.50 bits per heavy atom. The largest absolute Gasteiger partial charge is 0.339 e. The molecule has 0 bridgehead atoms. The first-order valence-electron chi connectivity index (χ1n) is 11.0. The van der Waals surface area contributed by atoms with E-state index in [9.17, 15) is 22.8 Å². The molecule has 0 aromatic rings. The van der Waals surface area contributed by atoms with E-state index in [1.165, 1.54) is 0 Å². The SMILES string of the molecule is C=C[C@@H]1C[C@]1(NC(=O)[C@@H]1CCCN1C(=O)CCCCCC)C(=O)NS(=O)(=O)C1CC1. The van der Waals surface area contributed by atoms with Gasteiger partial charge in [-0.25, -0.2) is 8.42 Å². The number of likely N-dealkylation sites (tertiary alicyclic amines) is 1. The quantitative estimate of drug-likeness (QED) is 0.375. The third kappa shape index (κ3) is 4.87. The summed E-state index contributed by atoms with van der Waals surface area (Å²) in [5.41, 5.74) is -1.29. The van der Waals surface area contributed by atoms with Crippen LogP contribution in [0, 0.1) is 5.92 Å². The Kier molecular flexibility index (Phi) is 6.89. The molecule has 0 aromatic carbocycles. The Hall–Kier alpha value is -1.90. The van der Waals surface area contributed by atoms with E-state index in [1.54, 1.807) is 11.0 Å². The molecule has 0 radical (unpaired) electrons. The fraction of sp³-hybridized carbons (Fsp3) is 0.762. The van der Waals surface area contributed by atoms with Crippen LogP contribution in [0.1, 0.15) is 71.1 Å². The average Bonchev–Trinajstić information content (AvgIpc) is 3.61. The van der Waals surface area contributed by atoms with Gasteiger partial charge in [0.25, 0.3) is 5.91 Å². The minimum Gasteiger partial charge on any atom is -0.339 e. The van der Waals surface area contributed by atoms with Gasteiger partial charge in [-0.05, 0) is 38.5 Å². The van der Waals surface area contributed by atoms with Gasteiger partial charge in [0.05, 0.1) is 5.25 Å². The first kappa shape index (κ1) is 22.8. The lowest BCUT2D eigenvalue weighted by molar-refractivity contribution is -0.139. The zero-order valence-electron chi connectivity index (χ0n) is 17.7. The summed E-state index contributed by atoms with van der Waals surface area (Å²) in [7, 11) is -3.70. The van der Waals surface area contributed by atoms with Crippen molar-refractivity contribution in [2.24, 2.45) is 5.92 Å². The van der Waals surface area contributed by atoms with Crippen molar-refractivity contribution in [1.29, 1.82) is 0 Å². The summed E-state index contributed by atoms with van der Waals surface area (Å²) < 4.78 is 26.5. The molecule has 1 aliphatic heterocycles. The van der Waals surface area contributed by atoms with Crippen molar-refractivity contribution in [1.82, 2.24) is 14.9 Å². The van der Waals surface area contributed by atoms with Gasteiger partial charge in [0.2, 0.25) is 21.8 Å². The predicted octanol–water partition coefficient (Wildman–Crippen LogP) is 1.62. The van der Waals surface area contributed by atoms with Crippen LogP contribution in [0.5, 0.6) is 0 Å². The van der Waals surface area contributed by atoms with E-state index >= 15 is 0 Å². The van der Waals surface area contributed by atoms with E-state index in [2.05, 4.69) is 23.5 Å². The van der Waals surface area contributed by atoms with E-state index < -0.39 is 38.7 Å². The molecule has 0 aromatic heterocycles. The van der Waals surface area contributed by atoms with E-state index in [4.69, 9.17) is 0 Å². The maximum Gasteiger partial charge on any atom is 0.259 e. The van der Waals surface area contributed by atoms with Crippen LogP contribution in [0.4, 0.5) is 0 Å². The third-order valence-corrected chi connectivity index (χ3v) is 8.19. The number of carbonyl (C=O) groups is 3. The second-order valence-electron chi connectivity index (χ2n) is 8.74. The summed E-state index contributed by atoms with van der Waals surface area (Å²) in [6, 6.07) is -0.612. The van der Waals surface area contributed by atoms with Crippen LogP contribution in [0.3, 0.4) is 0 Å². The molecular weight excluding hydrogens is 406 g/mol. The number of carbonyl (C=O) groups excluding carboxylic acids is 3. The van der Waals surface area contributed by atoms with Gasteiger partial charge in [-0.1, -0.05) is 32.3 Å². The van der Waals surface area contributed by atoms with Gasteiger partial charge in [0.15, 0.2) is 0 Å². The van der Waals surface area contributed by atoms with Gasteiger partial charge in [-0.15, -0.1) is 6.58 Å². The molecule has 3 aliphatic rings. The van der Waals surface area contributed by atoms with Gasteiger partial charge in [-0.2, -0.15) is 0 Å². The second-order valence-corrected chi connectivity index (χ2v) is 10.7. The number of nitrogens with one attached hydrogen (secondary N) is 2. The van der Waals surface area contributed by atoms with Crippen molar-refractivity contribution >= 4 is 27.7 Å². The minimum atomic E-state index is -3.70. The second kappa shape index (κ2) is 9.08. The fourth-order valence-electron chi connectivity index (χ4n) is 4.20. The van der Waals surface area contributed by atoms with Gasteiger partial charge >= 0.3 is 0 Å². The molecule has 2 saturated carbocycles. The first-order chi connectivity index (χ1) is 14.2. The number of sulfonamides is 1. The highest BCUT2D eigenvalue weighted by atomic mass is 32.2. The molecule has 8 nitrogen and oxygen atoms in total. The molecule has 3 amide bonds. The smallest absolute Gasteiger partial charge is 0.259 e. The van der Waals surface area contributed by atoms with Crippen LogP contribution in [0.2, 0.25) is 0 Å². The molecule has 2 aliphatic carbocycles. The number of nitrogens with zero attached hydrogens (tertiary/aromatic N) is 1. The van der Waals surface area contributed by atoms with Crippen LogP contribution in [0.15, 0.2) is 12.7 Å². The fourth-order valence-corrected chi connectivity index (χ4v) is 5.57. The molecule has 9 heteroatoms. The number of hydrogen-bond acceptors (Lipinski definition) is 5. The number of rotatable bonds is 11. The van der Waals surface area contributed by atoms with Crippen LogP contribution in [0.25, 0.3) is 0 Å². The molecule has 0 spiro atoms. The molecular formula is C21H33N3O5S. The molecule has 1 saturated heterocycles. The zero-order chi connectivity index (χ0) is 21.9. The minimum absolute atomic E-state index is 0.0327. The lowest BCUT2D eigenvalue weighted by Crippen LogP contribution is -2.56. The summed E-state index contributed by atoms with van der Waals surface area (Å²) in [5.74, 6) is -1.45. The molecule has 0 unspecified atom stereocenters. The van der Waals surface area contributed by atoms with Crippen molar-refractivity contribution in [3.63, 3.8) is 0 Å². The molecule has 3 fully saturated rings. The lowest BCUT2D eigenvalue weighted by Gasteiger charge is -2.27. The Morgan fingerprint density at radius 1 is 1.17 bits per heavy atom. The van der Waals surface area contributed by atoms with Gasteiger partial charge in [0.1, 0.15) is 11.6 Å². The van der Waals surface area contributed by atoms with E-state index in [0.717, 1.165) is 32.1 Å². The van der Waals surface area contributed by atoms with Crippen molar-refractivity contribution < 1.29 is 22.8 Å². The summed E-state index contributed by atoms with van der Waals surface area (Å²) in [6.45, 7) is 6.34. The van der Waals surface area contributed by atoms with E-state index in [-0.39, 0.29) is 11.8 Å². The van der Waals surface area contributed by atoms with Gasteiger partial charge in [-0.3, -0.25) is 19.1 Å². The summed E-state index contributed by atoms with van der Waals surface area (Å²) >= 11 is 0. The van der Waals surface area contributed by atoms with Gasteiger partial charge < -0.3 is 10.2 Å². The topological polar surface area (TPSA) is 113 Å². The maximum absolute atomic E-state index is 13.0. The van der Waals surface area contributed by atoms with Crippen LogP contribution >= 0.6 is 0 Å². The molecule has 30 heavy (non-hydrogen) atoms. The third-order valence-electron chi connectivity index (χ3n) is 6.37. The normalized spacial score (nSPS) is 28.1. The van der Waals surface area contributed by atoms with Crippen molar-refractivity contribution in [3.8, 4) is 0 Å². The molecule has 3 rings (SSSR count). The van der Waals surface area contributed by atoms with Crippen LogP contribution in [-0.4, -0.2) is 54.4 Å². The summed E-state index contributed by atoms with van der Waals surface area (Å²) in [5, 5.41) is 2.25. The number of unbranched alkanes of at least 4 members (excludes halogenated alkanes) is 3. The van der Waals surface area contributed by atoms with Crippen molar-refractivity contribution in [3.05, 3.63) is 12.7 Å². The Morgan fingerprint density at radius 2 is 1.90 bits per heavy atom. The van der Waals surface area contributed by atoms with Crippen LogP contribution in [-0.2, 0) is 24.4 Å². The van der Waals surface area contributed by atoms with Gasteiger partial charge in [0, 0.05) is 18.9 Å². The lowest BCUT2D eigenvalue weighted by atomic mass is 10.1. The molecule has 168 valence electrons. The standard InChI is InChI=1S/C21H33N3O5S/c1-3-5-6-7-10-18(25)24-13-8-9-17(24)19(26)22-21(14-15(21)4-2)20(27)23-30(28,29)16-11-12-16/h4,15-17H,2-3,5-14H2,1H3,(H,22,26)(H,23,27)/t15-,17+,21-/m1/s1. The van der Waals surface area contributed by atoms with E-state index in [1.807, 2.05) is 0 Å². The number of amides is 3. The molecule has 2 N–H and O–H groups in total.